The van der Waals surface area contributed by atoms with Crippen LogP contribution in [0.3, 0.4) is 0 Å². The minimum absolute atomic E-state index is 0.217. The summed E-state index contributed by atoms with van der Waals surface area (Å²) in [5.41, 5.74) is 0. The van der Waals surface area contributed by atoms with E-state index in [9.17, 15) is 9.59 Å². The summed E-state index contributed by atoms with van der Waals surface area (Å²) >= 11 is 0. The Balaban J connectivity index is 1.67. The molecule has 2 aliphatic rings. The molecule has 0 aromatic carbocycles. The van der Waals surface area contributed by atoms with Gasteiger partial charge >= 0.3 is 12.0 Å². The average molecular weight is 297 g/mol. The van der Waals surface area contributed by atoms with E-state index in [2.05, 4.69) is 22.5 Å². The smallest absolute Gasteiger partial charge is 0.315 e. The third kappa shape index (κ3) is 4.59. The molecule has 0 aromatic heterocycles. The van der Waals surface area contributed by atoms with E-state index in [1.165, 1.54) is 0 Å². The van der Waals surface area contributed by atoms with Gasteiger partial charge < -0.3 is 20.6 Å². The van der Waals surface area contributed by atoms with Gasteiger partial charge in [0, 0.05) is 12.6 Å². The number of nitrogens with zero attached hydrogens (tertiary/aromatic N) is 1. The molecule has 21 heavy (non-hydrogen) atoms. The number of carboxylic acids is 1. The molecule has 2 amide bonds. The molecule has 1 saturated carbocycles. The molecule has 2 rings (SSSR count). The molecule has 120 valence electrons. The first kappa shape index (κ1) is 16.1. The maximum absolute atomic E-state index is 11.9. The Hall–Kier alpha value is -1.30. The Bertz CT molecular complexity index is 367. The van der Waals surface area contributed by atoms with Crippen LogP contribution >= 0.6 is 0 Å². The summed E-state index contributed by atoms with van der Waals surface area (Å²) in [7, 11) is 0. The fourth-order valence-electron chi connectivity index (χ4n) is 3.39. The van der Waals surface area contributed by atoms with Crippen LogP contribution in [-0.2, 0) is 4.79 Å². The lowest BCUT2D eigenvalue weighted by Crippen LogP contribution is -2.47. The quantitative estimate of drug-likeness (QED) is 0.714. The van der Waals surface area contributed by atoms with Gasteiger partial charge in [0.15, 0.2) is 0 Å². The Labute approximate surface area is 126 Å². The molecular formula is C15H27N3O3. The number of piperidine rings is 1. The molecule has 0 spiro atoms. The minimum atomic E-state index is -0.801. The zero-order chi connectivity index (χ0) is 15.2. The van der Waals surface area contributed by atoms with Gasteiger partial charge in [0.25, 0.3) is 0 Å². The average Bonchev–Trinajstić information content (AvgIpc) is 2.94. The maximum atomic E-state index is 11.9. The number of aliphatic carboxylic acids is 1. The molecule has 6 heteroatoms. The van der Waals surface area contributed by atoms with E-state index in [1.807, 2.05) is 0 Å². The van der Waals surface area contributed by atoms with Gasteiger partial charge in [-0.25, -0.2) is 4.79 Å². The van der Waals surface area contributed by atoms with Gasteiger partial charge in [-0.05, 0) is 51.2 Å². The number of nitrogens with one attached hydrogen (secondary N) is 2. The van der Waals surface area contributed by atoms with Crippen molar-refractivity contribution in [3.8, 4) is 0 Å². The van der Waals surface area contributed by atoms with Crippen LogP contribution in [0.1, 0.15) is 39.0 Å². The molecule has 3 N–H and O–H groups in total. The second-order valence-electron chi connectivity index (χ2n) is 6.21. The van der Waals surface area contributed by atoms with Gasteiger partial charge in [-0.2, -0.15) is 0 Å². The first-order valence-electron chi connectivity index (χ1n) is 8.09. The highest BCUT2D eigenvalue weighted by molar-refractivity contribution is 5.77. The summed E-state index contributed by atoms with van der Waals surface area (Å²) in [6.07, 6.45) is 4.54. The van der Waals surface area contributed by atoms with Gasteiger partial charge in [0.2, 0.25) is 0 Å². The number of carboxylic acid groups (broad SMARTS) is 1. The van der Waals surface area contributed by atoms with Crippen molar-refractivity contribution in [3.05, 3.63) is 0 Å². The van der Waals surface area contributed by atoms with Gasteiger partial charge in [-0.15, -0.1) is 0 Å². The highest BCUT2D eigenvalue weighted by atomic mass is 16.4. The van der Waals surface area contributed by atoms with Crippen LogP contribution in [0.15, 0.2) is 0 Å². The summed E-state index contributed by atoms with van der Waals surface area (Å²) in [4.78, 5) is 25.4. The third-order valence-corrected chi connectivity index (χ3v) is 4.86. The number of hydrogen-bond acceptors (Lipinski definition) is 3. The SMILES string of the molecule is CCN1CCC(CNC(=O)NC2CCCC2C(=O)O)CC1. The topological polar surface area (TPSA) is 81.7 Å². The summed E-state index contributed by atoms with van der Waals surface area (Å²) in [6.45, 7) is 6.17. The number of hydrogen-bond donors (Lipinski definition) is 3. The molecule has 6 nitrogen and oxygen atoms in total. The van der Waals surface area contributed by atoms with E-state index in [4.69, 9.17) is 5.11 Å². The molecule has 2 atom stereocenters. The van der Waals surface area contributed by atoms with Crippen molar-refractivity contribution in [2.75, 3.05) is 26.2 Å². The van der Waals surface area contributed by atoms with Gasteiger partial charge in [0.05, 0.1) is 5.92 Å². The van der Waals surface area contributed by atoms with Gasteiger partial charge in [-0.1, -0.05) is 13.3 Å². The molecule has 1 heterocycles. The highest BCUT2D eigenvalue weighted by Crippen LogP contribution is 2.25. The molecule has 1 saturated heterocycles. The van der Waals surface area contributed by atoms with Crippen molar-refractivity contribution in [1.29, 1.82) is 0 Å². The van der Waals surface area contributed by atoms with Gasteiger partial charge in [0.1, 0.15) is 0 Å². The molecular weight excluding hydrogens is 270 g/mol. The zero-order valence-electron chi connectivity index (χ0n) is 12.8. The minimum Gasteiger partial charge on any atom is -0.481 e. The Kier molecular flexibility index (Phi) is 5.85. The molecule has 2 unspecified atom stereocenters. The predicted molar refractivity (Wildman–Crippen MR) is 80.1 cm³/mol. The molecule has 0 radical (unpaired) electrons. The van der Waals surface area contributed by atoms with Crippen LogP contribution in [0.4, 0.5) is 4.79 Å². The van der Waals surface area contributed by atoms with Crippen LogP contribution in [0.5, 0.6) is 0 Å². The van der Waals surface area contributed by atoms with E-state index in [0.29, 0.717) is 18.9 Å². The zero-order valence-corrected chi connectivity index (χ0v) is 12.8. The van der Waals surface area contributed by atoms with Crippen LogP contribution < -0.4 is 10.6 Å². The predicted octanol–water partition coefficient (Wildman–Crippen LogP) is 1.27. The van der Waals surface area contributed by atoms with Crippen molar-refractivity contribution in [3.63, 3.8) is 0 Å². The van der Waals surface area contributed by atoms with Crippen molar-refractivity contribution >= 4 is 12.0 Å². The van der Waals surface area contributed by atoms with E-state index in [1.54, 1.807) is 0 Å². The fraction of sp³-hybridized carbons (Fsp3) is 0.867. The summed E-state index contributed by atoms with van der Waals surface area (Å²) < 4.78 is 0. The second-order valence-corrected chi connectivity index (χ2v) is 6.21. The lowest BCUT2D eigenvalue weighted by atomic mass is 9.97. The Morgan fingerprint density at radius 1 is 1.19 bits per heavy atom. The summed E-state index contributed by atoms with van der Waals surface area (Å²) in [5.74, 6) is -0.689. The summed E-state index contributed by atoms with van der Waals surface area (Å²) in [5, 5.41) is 14.8. The van der Waals surface area contributed by atoms with Crippen molar-refractivity contribution < 1.29 is 14.7 Å². The molecule has 0 aromatic rings. The number of likely N-dealkylation sites (tertiary alicyclic amines) is 1. The number of carbonyl (C=O) groups is 2. The molecule has 0 bridgehead atoms. The standard InChI is InChI=1S/C15H27N3O3/c1-2-18-8-6-11(7-9-18)10-16-15(21)17-13-5-3-4-12(13)14(19)20/h11-13H,2-10H2,1H3,(H,19,20)(H2,16,17,21). The highest BCUT2D eigenvalue weighted by Gasteiger charge is 2.33. The van der Waals surface area contributed by atoms with E-state index in [-0.39, 0.29) is 12.1 Å². The fourth-order valence-corrected chi connectivity index (χ4v) is 3.39. The molecule has 2 fully saturated rings. The largest absolute Gasteiger partial charge is 0.481 e. The number of urea groups is 1. The number of carbonyl (C=O) groups excluding carboxylic acids is 1. The Morgan fingerprint density at radius 3 is 2.52 bits per heavy atom. The first-order chi connectivity index (χ1) is 10.1. The van der Waals surface area contributed by atoms with E-state index in [0.717, 1.165) is 45.3 Å². The van der Waals surface area contributed by atoms with Crippen LogP contribution in [0.25, 0.3) is 0 Å². The van der Waals surface area contributed by atoms with Crippen molar-refractivity contribution in [1.82, 2.24) is 15.5 Å². The normalized spacial score (nSPS) is 27.5. The van der Waals surface area contributed by atoms with Crippen molar-refractivity contribution in [2.45, 2.75) is 45.1 Å². The van der Waals surface area contributed by atoms with Crippen LogP contribution in [0.2, 0.25) is 0 Å². The lowest BCUT2D eigenvalue weighted by Gasteiger charge is -2.31. The maximum Gasteiger partial charge on any atom is 0.315 e. The van der Waals surface area contributed by atoms with Crippen LogP contribution in [-0.4, -0.2) is 54.2 Å². The number of rotatable bonds is 5. The lowest BCUT2D eigenvalue weighted by molar-refractivity contribution is -0.142. The van der Waals surface area contributed by atoms with E-state index >= 15 is 0 Å². The van der Waals surface area contributed by atoms with Crippen LogP contribution in [0, 0.1) is 11.8 Å². The number of amides is 2. The monoisotopic (exact) mass is 297 g/mol. The summed E-state index contributed by atoms with van der Waals surface area (Å²) in [6, 6.07) is -0.435. The first-order valence-corrected chi connectivity index (χ1v) is 8.09. The van der Waals surface area contributed by atoms with Crippen molar-refractivity contribution in [2.24, 2.45) is 11.8 Å². The third-order valence-electron chi connectivity index (χ3n) is 4.86. The molecule has 1 aliphatic heterocycles. The second kappa shape index (κ2) is 7.64. The van der Waals surface area contributed by atoms with E-state index < -0.39 is 11.9 Å². The van der Waals surface area contributed by atoms with Gasteiger partial charge in [-0.3, -0.25) is 4.79 Å². The Morgan fingerprint density at radius 2 is 1.90 bits per heavy atom. The molecule has 1 aliphatic carbocycles.